The molecule has 0 saturated heterocycles. The SMILES string of the molecule is COc1cccc(NC(=O)NCCNc2nc(C)cc(N(C)C)n2)c1. The van der Waals surface area contributed by atoms with Gasteiger partial charge < -0.3 is 25.6 Å². The van der Waals surface area contributed by atoms with Gasteiger partial charge in [-0.1, -0.05) is 6.07 Å². The molecule has 3 N–H and O–H groups in total. The summed E-state index contributed by atoms with van der Waals surface area (Å²) < 4.78 is 5.12. The second kappa shape index (κ2) is 8.72. The van der Waals surface area contributed by atoms with Crippen molar-refractivity contribution < 1.29 is 9.53 Å². The van der Waals surface area contributed by atoms with Gasteiger partial charge >= 0.3 is 6.03 Å². The van der Waals surface area contributed by atoms with E-state index in [9.17, 15) is 4.79 Å². The van der Waals surface area contributed by atoms with Crippen LogP contribution in [0.15, 0.2) is 30.3 Å². The second-order valence-corrected chi connectivity index (χ2v) is 5.63. The molecule has 2 aromatic rings. The zero-order valence-electron chi connectivity index (χ0n) is 15.0. The quantitative estimate of drug-likeness (QED) is 0.666. The molecule has 0 radical (unpaired) electrons. The number of methoxy groups -OCH3 is 1. The van der Waals surface area contributed by atoms with Crippen LogP contribution < -0.4 is 25.6 Å². The summed E-state index contributed by atoms with van der Waals surface area (Å²) in [5.74, 6) is 2.06. The van der Waals surface area contributed by atoms with E-state index in [0.717, 1.165) is 11.5 Å². The number of anilines is 3. The Morgan fingerprint density at radius 2 is 2.00 bits per heavy atom. The first-order valence-corrected chi connectivity index (χ1v) is 7.93. The largest absolute Gasteiger partial charge is 0.497 e. The monoisotopic (exact) mass is 344 g/mol. The van der Waals surface area contributed by atoms with Crippen LogP contribution in [0.1, 0.15) is 5.69 Å². The zero-order valence-corrected chi connectivity index (χ0v) is 15.0. The highest BCUT2D eigenvalue weighted by Crippen LogP contribution is 2.16. The van der Waals surface area contributed by atoms with Crippen LogP contribution in [0.2, 0.25) is 0 Å². The molecule has 0 aliphatic rings. The summed E-state index contributed by atoms with van der Waals surface area (Å²) in [5.41, 5.74) is 1.55. The molecule has 0 saturated carbocycles. The summed E-state index contributed by atoms with van der Waals surface area (Å²) >= 11 is 0. The Kier molecular flexibility index (Phi) is 6.39. The van der Waals surface area contributed by atoms with Crippen LogP contribution in [0.4, 0.5) is 22.2 Å². The topological polar surface area (TPSA) is 91.4 Å². The molecule has 0 fully saturated rings. The van der Waals surface area contributed by atoms with Gasteiger partial charge in [0.15, 0.2) is 0 Å². The molecule has 2 amide bonds. The molecule has 134 valence electrons. The highest BCUT2D eigenvalue weighted by Gasteiger charge is 2.05. The number of hydrogen-bond donors (Lipinski definition) is 3. The number of benzene rings is 1. The summed E-state index contributed by atoms with van der Waals surface area (Å²) in [6.07, 6.45) is 0. The lowest BCUT2D eigenvalue weighted by atomic mass is 10.3. The molecule has 0 unspecified atom stereocenters. The van der Waals surface area contributed by atoms with E-state index in [4.69, 9.17) is 4.74 Å². The van der Waals surface area contributed by atoms with Crippen molar-refractivity contribution in [3.8, 4) is 5.75 Å². The van der Waals surface area contributed by atoms with Crippen LogP contribution in [-0.2, 0) is 0 Å². The summed E-state index contributed by atoms with van der Waals surface area (Å²) in [6.45, 7) is 2.87. The Balaban J connectivity index is 1.78. The maximum absolute atomic E-state index is 11.9. The lowest BCUT2D eigenvalue weighted by molar-refractivity contribution is 0.252. The Hall–Kier alpha value is -3.03. The summed E-state index contributed by atoms with van der Waals surface area (Å²) in [7, 11) is 5.44. The Bertz CT molecular complexity index is 720. The number of nitrogens with zero attached hydrogens (tertiary/aromatic N) is 3. The number of amides is 2. The van der Waals surface area contributed by atoms with Gasteiger partial charge in [-0.05, 0) is 19.1 Å². The Morgan fingerprint density at radius 1 is 1.20 bits per heavy atom. The first-order chi connectivity index (χ1) is 12.0. The number of rotatable bonds is 7. The maximum atomic E-state index is 11.9. The van der Waals surface area contributed by atoms with Crippen molar-refractivity contribution in [2.45, 2.75) is 6.92 Å². The standard InChI is InChI=1S/C17H24N6O2/c1-12-10-15(23(2)3)22-16(20-12)18-8-9-19-17(24)21-13-6-5-7-14(11-13)25-4/h5-7,10-11H,8-9H2,1-4H3,(H,18,20,22)(H2,19,21,24). The molecule has 8 nitrogen and oxygen atoms in total. The van der Waals surface area contributed by atoms with Crippen LogP contribution >= 0.6 is 0 Å². The Labute approximate surface area is 147 Å². The minimum Gasteiger partial charge on any atom is -0.497 e. The van der Waals surface area contributed by atoms with Crippen molar-refractivity contribution in [3.05, 3.63) is 36.0 Å². The van der Waals surface area contributed by atoms with Crippen LogP contribution in [0, 0.1) is 6.92 Å². The number of carbonyl (C=O) groups excluding carboxylic acids is 1. The van der Waals surface area contributed by atoms with Crippen molar-refractivity contribution in [1.82, 2.24) is 15.3 Å². The summed E-state index contributed by atoms with van der Waals surface area (Å²) in [6, 6.07) is 8.80. The number of carbonyl (C=O) groups is 1. The molecule has 8 heteroatoms. The van der Waals surface area contributed by atoms with Crippen LogP contribution in [0.5, 0.6) is 5.75 Å². The van der Waals surface area contributed by atoms with E-state index in [-0.39, 0.29) is 6.03 Å². The van der Waals surface area contributed by atoms with Crippen molar-refractivity contribution >= 4 is 23.5 Å². The lowest BCUT2D eigenvalue weighted by Gasteiger charge is -2.14. The van der Waals surface area contributed by atoms with Gasteiger partial charge in [0, 0.05) is 50.7 Å². The van der Waals surface area contributed by atoms with Gasteiger partial charge in [0.05, 0.1) is 7.11 Å². The molecule has 2 rings (SSSR count). The highest BCUT2D eigenvalue weighted by atomic mass is 16.5. The van der Waals surface area contributed by atoms with E-state index in [0.29, 0.717) is 30.5 Å². The minimum absolute atomic E-state index is 0.283. The molecule has 1 aromatic carbocycles. The van der Waals surface area contributed by atoms with Gasteiger partial charge in [-0.2, -0.15) is 4.98 Å². The molecule has 0 aliphatic carbocycles. The molecular weight excluding hydrogens is 320 g/mol. The fourth-order valence-corrected chi connectivity index (χ4v) is 2.09. The van der Waals surface area contributed by atoms with Gasteiger partial charge in [-0.15, -0.1) is 0 Å². The molecule has 0 spiro atoms. The van der Waals surface area contributed by atoms with Crippen molar-refractivity contribution in [2.75, 3.05) is 49.8 Å². The molecule has 25 heavy (non-hydrogen) atoms. The molecule has 0 atom stereocenters. The Morgan fingerprint density at radius 3 is 2.72 bits per heavy atom. The minimum atomic E-state index is -0.283. The second-order valence-electron chi connectivity index (χ2n) is 5.63. The van der Waals surface area contributed by atoms with E-state index in [1.165, 1.54) is 0 Å². The van der Waals surface area contributed by atoms with E-state index in [1.807, 2.05) is 44.1 Å². The van der Waals surface area contributed by atoms with Crippen LogP contribution in [0.25, 0.3) is 0 Å². The van der Waals surface area contributed by atoms with Crippen molar-refractivity contribution in [2.24, 2.45) is 0 Å². The zero-order chi connectivity index (χ0) is 18.2. The van der Waals surface area contributed by atoms with E-state index in [2.05, 4.69) is 25.9 Å². The summed E-state index contributed by atoms with van der Waals surface area (Å²) in [4.78, 5) is 22.5. The number of aryl methyl sites for hydroxylation is 1. The number of ether oxygens (including phenoxy) is 1. The third-order valence-corrected chi connectivity index (χ3v) is 3.32. The maximum Gasteiger partial charge on any atom is 0.319 e. The predicted octanol–water partition coefficient (Wildman–Crippen LogP) is 2.09. The average molecular weight is 344 g/mol. The molecule has 0 aliphatic heterocycles. The number of hydrogen-bond acceptors (Lipinski definition) is 6. The van der Waals surface area contributed by atoms with Gasteiger partial charge in [0.1, 0.15) is 11.6 Å². The number of urea groups is 1. The molecule has 1 aromatic heterocycles. The first kappa shape index (κ1) is 18.3. The third kappa shape index (κ3) is 5.83. The third-order valence-electron chi connectivity index (χ3n) is 3.32. The van der Waals surface area contributed by atoms with Gasteiger partial charge in [0.2, 0.25) is 5.95 Å². The fraction of sp³-hybridized carbons (Fsp3) is 0.353. The van der Waals surface area contributed by atoms with Crippen molar-refractivity contribution in [1.29, 1.82) is 0 Å². The predicted molar refractivity (Wildman–Crippen MR) is 99.6 cm³/mol. The van der Waals surface area contributed by atoms with Gasteiger partial charge in [0.25, 0.3) is 0 Å². The number of aromatic nitrogens is 2. The smallest absolute Gasteiger partial charge is 0.319 e. The fourth-order valence-electron chi connectivity index (χ4n) is 2.09. The van der Waals surface area contributed by atoms with E-state index < -0.39 is 0 Å². The van der Waals surface area contributed by atoms with Crippen LogP contribution in [0.3, 0.4) is 0 Å². The summed E-state index contributed by atoms with van der Waals surface area (Å²) in [5, 5.41) is 8.63. The first-order valence-electron chi connectivity index (χ1n) is 7.93. The van der Waals surface area contributed by atoms with Gasteiger partial charge in [-0.3, -0.25) is 0 Å². The van der Waals surface area contributed by atoms with Crippen LogP contribution in [-0.4, -0.2) is 50.3 Å². The van der Waals surface area contributed by atoms with Gasteiger partial charge in [-0.25, -0.2) is 9.78 Å². The van der Waals surface area contributed by atoms with E-state index >= 15 is 0 Å². The van der Waals surface area contributed by atoms with Crippen molar-refractivity contribution in [3.63, 3.8) is 0 Å². The van der Waals surface area contributed by atoms with E-state index in [1.54, 1.807) is 19.2 Å². The lowest BCUT2D eigenvalue weighted by Crippen LogP contribution is -2.32. The number of nitrogens with one attached hydrogen (secondary N) is 3. The molecule has 0 bridgehead atoms. The average Bonchev–Trinajstić information content (AvgIpc) is 2.58. The molecule has 1 heterocycles. The molecular formula is C17H24N6O2. The normalized spacial score (nSPS) is 10.1. The highest BCUT2D eigenvalue weighted by molar-refractivity contribution is 5.89.